The Bertz CT molecular complexity index is 620. The van der Waals surface area contributed by atoms with Crippen molar-refractivity contribution in [3.63, 3.8) is 0 Å². The molecule has 0 spiro atoms. The van der Waals surface area contributed by atoms with Crippen molar-refractivity contribution in [3.8, 4) is 0 Å². The van der Waals surface area contributed by atoms with Crippen molar-refractivity contribution in [2.24, 2.45) is 0 Å². The van der Waals surface area contributed by atoms with Crippen molar-refractivity contribution in [3.05, 3.63) is 48.4 Å². The molecule has 0 aliphatic carbocycles. The van der Waals surface area contributed by atoms with Gasteiger partial charge in [0.15, 0.2) is 0 Å². The number of halogens is 1. The van der Waals surface area contributed by atoms with Gasteiger partial charge in [0, 0.05) is 43.6 Å². The summed E-state index contributed by atoms with van der Waals surface area (Å²) in [4.78, 5) is 21.9. The van der Waals surface area contributed by atoms with Crippen molar-refractivity contribution >= 4 is 5.91 Å². The first-order valence-corrected chi connectivity index (χ1v) is 7.60. The second-order valence-electron chi connectivity index (χ2n) is 5.78. The van der Waals surface area contributed by atoms with Gasteiger partial charge < -0.3 is 9.73 Å². The molecule has 1 amide bonds. The molecular weight excluding hydrogens is 299 g/mol. The molecule has 1 aliphatic rings. The maximum Gasteiger partial charge on any atom is 0.224 e. The van der Waals surface area contributed by atoms with E-state index in [-0.39, 0.29) is 18.4 Å². The first kappa shape index (κ1) is 15.6. The molecule has 1 saturated heterocycles. The Kier molecular flexibility index (Phi) is 4.97. The van der Waals surface area contributed by atoms with Crippen LogP contribution >= 0.6 is 0 Å². The number of furan rings is 1. The maximum atomic E-state index is 13.8. The molecule has 0 bridgehead atoms. The topological polar surface area (TPSA) is 71.3 Å². The molecule has 2 aromatic rings. The molecule has 1 fully saturated rings. The molecular formula is C16H19FN4O2. The fraction of sp³-hybridized carbons (Fsp3) is 0.438. The minimum Gasteiger partial charge on any atom is -0.472 e. The number of nitrogens with zero attached hydrogens (tertiary/aromatic N) is 3. The highest BCUT2D eigenvalue weighted by atomic mass is 19.1. The lowest BCUT2D eigenvalue weighted by Gasteiger charge is -2.24. The molecule has 3 rings (SSSR count). The Labute approximate surface area is 133 Å². The van der Waals surface area contributed by atoms with E-state index in [1.165, 1.54) is 12.6 Å². The van der Waals surface area contributed by atoms with E-state index in [4.69, 9.17) is 4.42 Å². The van der Waals surface area contributed by atoms with Crippen LogP contribution in [-0.2, 0) is 17.8 Å². The Morgan fingerprint density at radius 3 is 2.96 bits per heavy atom. The standard InChI is InChI=1S/C16H19FN4O2/c17-14-4-15(7-20-16(22)3-12-1-2-23-10-12)21(9-14)8-13-5-18-11-19-6-13/h1-2,5-6,10-11,14-15H,3-4,7-9H2,(H,20,22)/t14-,15-/m0/s1. The Balaban J connectivity index is 1.52. The number of amides is 1. The van der Waals surface area contributed by atoms with Crippen LogP contribution in [0.2, 0.25) is 0 Å². The molecule has 2 atom stereocenters. The monoisotopic (exact) mass is 318 g/mol. The lowest BCUT2D eigenvalue weighted by atomic mass is 10.2. The minimum atomic E-state index is -0.865. The van der Waals surface area contributed by atoms with Crippen LogP contribution in [0.5, 0.6) is 0 Å². The average molecular weight is 318 g/mol. The Morgan fingerprint density at radius 2 is 2.22 bits per heavy atom. The first-order valence-electron chi connectivity index (χ1n) is 7.60. The third kappa shape index (κ3) is 4.35. The van der Waals surface area contributed by atoms with Crippen LogP contribution in [0, 0.1) is 0 Å². The molecule has 0 aromatic carbocycles. The maximum absolute atomic E-state index is 13.8. The SMILES string of the molecule is O=C(Cc1ccoc1)NC[C@@H]1C[C@H](F)CN1Cc1cncnc1. The summed E-state index contributed by atoms with van der Waals surface area (Å²) in [6.45, 7) is 1.39. The van der Waals surface area contributed by atoms with Gasteiger partial charge in [-0.3, -0.25) is 9.69 Å². The molecule has 7 heteroatoms. The van der Waals surface area contributed by atoms with Crippen molar-refractivity contribution in [1.82, 2.24) is 20.2 Å². The molecule has 3 heterocycles. The molecule has 0 radical (unpaired) electrons. The van der Waals surface area contributed by atoms with Crippen LogP contribution in [0.15, 0.2) is 41.7 Å². The first-order chi connectivity index (χ1) is 11.2. The highest BCUT2D eigenvalue weighted by Crippen LogP contribution is 2.22. The van der Waals surface area contributed by atoms with Crippen LogP contribution in [0.1, 0.15) is 17.5 Å². The molecule has 0 saturated carbocycles. The highest BCUT2D eigenvalue weighted by molar-refractivity contribution is 5.78. The third-order valence-corrected chi connectivity index (χ3v) is 3.96. The second-order valence-corrected chi connectivity index (χ2v) is 5.78. The summed E-state index contributed by atoms with van der Waals surface area (Å²) < 4.78 is 18.7. The summed E-state index contributed by atoms with van der Waals surface area (Å²) in [5.41, 5.74) is 1.77. The summed E-state index contributed by atoms with van der Waals surface area (Å²) in [7, 11) is 0. The quantitative estimate of drug-likeness (QED) is 0.870. The number of hydrogen-bond donors (Lipinski definition) is 1. The Hall–Kier alpha value is -2.28. The molecule has 2 aromatic heterocycles. The van der Waals surface area contributed by atoms with Crippen molar-refractivity contribution < 1.29 is 13.6 Å². The predicted molar refractivity (Wildman–Crippen MR) is 81.2 cm³/mol. The van der Waals surface area contributed by atoms with E-state index in [2.05, 4.69) is 15.3 Å². The van der Waals surface area contributed by atoms with E-state index in [1.807, 2.05) is 4.90 Å². The largest absolute Gasteiger partial charge is 0.472 e. The Morgan fingerprint density at radius 1 is 1.39 bits per heavy atom. The van der Waals surface area contributed by atoms with Gasteiger partial charge in [0.25, 0.3) is 0 Å². The normalized spacial score (nSPS) is 21.4. The molecule has 1 aliphatic heterocycles. The van der Waals surface area contributed by atoms with E-state index in [0.29, 0.717) is 26.1 Å². The van der Waals surface area contributed by atoms with E-state index < -0.39 is 6.17 Å². The molecule has 6 nitrogen and oxygen atoms in total. The number of carbonyl (C=O) groups is 1. The second kappa shape index (κ2) is 7.32. The van der Waals surface area contributed by atoms with Gasteiger partial charge in [-0.1, -0.05) is 0 Å². The summed E-state index contributed by atoms with van der Waals surface area (Å²) in [5.74, 6) is -0.0864. The van der Waals surface area contributed by atoms with Gasteiger partial charge in [0.2, 0.25) is 5.91 Å². The highest BCUT2D eigenvalue weighted by Gasteiger charge is 2.32. The third-order valence-electron chi connectivity index (χ3n) is 3.96. The number of aromatic nitrogens is 2. The van der Waals surface area contributed by atoms with E-state index in [9.17, 15) is 9.18 Å². The lowest BCUT2D eigenvalue weighted by Crippen LogP contribution is -2.40. The average Bonchev–Trinajstić information content (AvgIpc) is 3.16. The van der Waals surface area contributed by atoms with Gasteiger partial charge >= 0.3 is 0 Å². The van der Waals surface area contributed by atoms with Gasteiger partial charge in [-0.05, 0) is 18.1 Å². The fourth-order valence-corrected chi connectivity index (χ4v) is 2.85. The van der Waals surface area contributed by atoms with Crippen LogP contribution in [-0.4, -0.2) is 46.1 Å². The van der Waals surface area contributed by atoms with Crippen molar-refractivity contribution in [2.45, 2.75) is 31.6 Å². The summed E-state index contributed by atoms with van der Waals surface area (Å²) >= 11 is 0. The number of nitrogens with one attached hydrogen (secondary N) is 1. The molecule has 23 heavy (non-hydrogen) atoms. The van der Waals surface area contributed by atoms with Crippen LogP contribution in [0.25, 0.3) is 0 Å². The smallest absolute Gasteiger partial charge is 0.224 e. The van der Waals surface area contributed by atoms with Gasteiger partial charge in [0.05, 0.1) is 18.9 Å². The van der Waals surface area contributed by atoms with Gasteiger partial charge in [-0.2, -0.15) is 0 Å². The number of likely N-dealkylation sites (tertiary alicyclic amines) is 1. The molecule has 0 unspecified atom stereocenters. The van der Waals surface area contributed by atoms with E-state index in [1.54, 1.807) is 24.7 Å². The summed E-state index contributed by atoms with van der Waals surface area (Å²) in [5, 5.41) is 2.88. The number of alkyl halides is 1. The molecule has 1 N–H and O–H groups in total. The van der Waals surface area contributed by atoms with Gasteiger partial charge in [-0.25, -0.2) is 14.4 Å². The van der Waals surface area contributed by atoms with Crippen LogP contribution in [0.3, 0.4) is 0 Å². The van der Waals surface area contributed by atoms with E-state index in [0.717, 1.165) is 11.1 Å². The van der Waals surface area contributed by atoms with Crippen LogP contribution < -0.4 is 5.32 Å². The summed E-state index contributed by atoms with van der Waals surface area (Å²) in [6, 6.07) is 1.74. The zero-order valence-electron chi connectivity index (χ0n) is 12.7. The van der Waals surface area contributed by atoms with Crippen LogP contribution in [0.4, 0.5) is 4.39 Å². The zero-order valence-corrected chi connectivity index (χ0v) is 12.7. The number of rotatable bonds is 6. The lowest BCUT2D eigenvalue weighted by molar-refractivity contribution is -0.120. The van der Waals surface area contributed by atoms with Gasteiger partial charge in [-0.15, -0.1) is 0 Å². The number of hydrogen-bond acceptors (Lipinski definition) is 5. The van der Waals surface area contributed by atoms with E-state index >= 15 is 0 Å². The molecule has 122 valence electrons. The minimum absolute atomic E-state index is 0.0153. The van der Waals surface area contributed by atoms with Crippen molar-refractivity contribution in [1.29, 1.82) is 0 Å². The van der Waals surface area contributed by atoms with Crippen molar-refractivity contribution in [2.75, 3.05) is 13.1 Å². The van der Waals surface area contributed by atoms with Gasteiger partial charge in [0.1, 0.15) is 12.5 Å². The zero-order chi connectivity index (χ0) is 16.1. The number of carbonyl (C=O) groups excluding carboxylic acids is 1. The fourth-order valence-electron chi connectivity index (χ4n) is 2.85. The predicted octanol–water partition coefficient (Wildman–Crippen LogP) is 1.34. The summed E-state index contributed by atoms with van der Waals surface area (Å²) in [6.07, 6.45) is 7.86.